The number of rotatable bonds is 6. The Labute approximate surface area is 150 Å². The molecule has 4 rings (SSSR count). The van der Waals surface area contributed by atoms with Crippen molar-refractivity contribution in [2.75, 3.05) is 44.0 Å². The molecular weight excluding hydrogens is 340 g/mol. The number of morpholine rings is 1. The summed E-state index contributed by atoms with van der Waals surface area (Å²) in [4.78, 5) is 23.3. The third-order valence-electron chi connectivity index (χ3n) is 4.52. The number of thioether (sulfide) groups is 1. The van der Waals surface area contributed by atoms with Crippen LogP contribution in [0.15, 0.2) is 11.4 Å². The first-order valence-electron chi connectivity index (χ1n) is 8.64. The molecule has 3 heterocycles. The van der Waals surface area contributed by atoms with Gasteiger partial charge in [0.05, 0.1) is 31.3 Å². The molecule has 0 atom stereocenters. The molecule has 0 unspecified atom stereocenters. The van der Waals surface area contributed by atoms with Crippen molar-refractivity contribution >= 4 is 34.5 Å². The third kappa shape index (κ3) is 3.57. The molecule has 0 aromatic carbocycles. The number of hydrogen-bond acceptors (Lipinski definition) is 7. The lowest BCUT2D eigenvalue weighted by Gasteiger charge is -2.28. The molecule has 2 fully saturated rings. The fourth-order valence-electron chi connectivity index (χ4n) is 2.97. The first-order chi connectivity index (χ1) is 12.3. The van der Waals surface area contributed by atoms with Crippen molar-refractivity contribution in [2.24, 2.45) is 5.92 Å². The van der Waals surface area contributed by atoms with E-state index in [1.54, 1.807) is 0 Å². The fourth-order valence-corrected chi connectivity index (χ4v) is 3.32. The van der Waals surface area contributed by atoms with Crippen LogP contribution in [-0.4, -0.2) is 64.8 Å². The van der Waals surface area contributed by atoms with E-state index in [-0.39, 0.29) is 11.8 Å². The number of nitrogens with one attached hydrogen (secondary N) is 1. The molecule has 0 radical (unpaired) electrons. The summed E-state index contributed by atoms with van der Waals surface area (Å²) in [7, 11) is 0. The van der Waals surface area contributed by atoms with Crippen molar-refractivity contribution in [2.45, 2.75) is 24.5 Å². The topological polar surface area (TPSA) is 85.2 Å². The molecule has 1 amide bonds. The van der Waals surface area contributed by atoms with Crippen molar-refractivity contribution in [1.82, 2.24) is 25.1 Å². The predicted octanol–water partition coefficient (Wildman–Crippen LogP) is 0.911. The van der Waals surface area contributed by atoms with Crippen molar-refractivity contribution in [3.05, 3.63) is 6.20 Å². The number of nitrogens with zero attached hydrogens (tertiary/aromatic N) is 5. The Morgan fingerprint density at radius 3 is 2.88 bits per heavy atom. The Kier molecular flexibility index (Phi) is 4.76. The molecule has 2 aromatic rings. The van der Waals surface area contributed by atoms with Crippen LogP contribution in [0.25, 0.3) is 11.0 Å². The molecule has 134 valence electrons. The van der Waals surface area contributed by atoms with Gasteiger partial charge in [0, 0.05) is 25.6 Å². The van der Waals surface area contributed by atoms with Crippen molar-refractivity contribution in [1.29, 1.82) is 0 Å². The van der Waals surface area contributed by atoms with Gasteiger partial charge in [0.15, 0.2) is 10.8 Å². The average Bonchev–Trinajstić information content (AvgIpc) is 3.43. The van der Waals surface area contributed by atoms with E-state index in [4.69, 9.17) is 9.72 Å². The van der Waals surface area contributed by atoms with Crippen molar-refractivity contribution < 1.29 is 9.53 Å². The molecular formula is C16H22N6O2S. The second kappa shape index (κ2) is 7.17. The summed E-state index contributed by atoms with van der Waals surface area (Å²) in [6, 6.07) is 0. The molecule has 1 saturated heterocycles. The molecule has 2 aromatic heterocycles. The van der Waals surface area contributed by atoms with E-state index < -0.39 is 0 Å². The maximum Gasteiger partial charge on any atom is 0.223 e. The molecule has 8 nitrogen and oxygen atoms in total. The van der Waals surface area contributed by atoms with E-state index in [9.17, 15) is 4.79 Å². The highest BCUT2D eigenvalue weighted by atomic mass is 32.2. The highest BCUT2D eigenvalue weighted by Crippen LogP contribution is 2.29. The summed E-state index contributed by atoms with van der Waals surface area (Å²) in [6.07, 6.45) is 5.83. The number of ether oxygens (including phenoxy) is 1. The average molecular weight is 362 g/mol. The number of aromatic nitrogens is 4. The van der Waals surface area contributed by atoms with Gasteiger partial charge in [-0.05, 0) is 19.1 Å². The van der Waals surface area contributed by atoms with Gasteiger partial charge in [-0.2, -0.15) is 5.10 Å². The molecule has 25 heavy (non-hydrogen) atoms. The molecule has 2 aliphatic rings. The second-order valence-electron chi connectivity index (χ2n) is 6.30. The fraction of sp³-hybridized carbons (Fsp3) is 0.625. The van der Waals surface area contributed by atoms with Gasteiger partial charge in [0.1, 0.15) is 5.82 Å². The quantitative estimate of drug-likeness (QED) is 0.604. The zero-order valence-corrected chi connectivity index (χ0v) is 15.1. The first kappa shape index (κ1) is 16.6. The van der Waals surface area contributed by atoms with Gasteiger partial charge < -0.3 is 15.0 Å². The van der Waals surface area contributed by atoms with Crippen molar-refractivity contribution in [3.8, 4) is 0 Å². The molecule has 9 heteroatoms. The molecule has 1 N–H and O–H groups in total. The van der Waals surface area contributed by atoms with E-state index in [0.29, 0.717) is 26.3 Å². The Hall–Kier alpha value is -1.87. The maximum absolute atomic E-state index is 11.8. The van der Waals surface area contributed by atoms with Crippen LogP contribution in [0.4, 0.5) is 5.82 Å². The lowest BCUT2D eigenvalue weighted by molar-refractivity contribution is -0.122. The number of amides is 1. The summed E-state index contributed by atoms with van der Waals surface area (Å²) in [6.45, 7) is 4.24. The van der Waals surface area contributed by atoms with E-state index in [1.165, 1.54) is 11.8 Å². The van der Waals surface area contributed by atoms with Crippen LogP contribution in [0.2, 0.25) is 0 Å². The van der Waals surface area contributed by atoms with Gasteiger partial charge in [-0.1, -0.05) is 11.8 Å². The van der Waals surface area contributed by atoms with E-state index >= 15 is 0 Å². The zero-order chi connectivity index (χ0) is 17.2. The number of carbonyl (C=O) groups excluding carboxylic acids is 1. The lowest BCUT2D eigenvalue weighted by Crippen LogP contribution is -2.37. The normalized spacial score (nSPS) is 17.9. The van der Waals surface area contributed by atoms with E-state index in [0.717, 1.165) is 47.9 Å². The molecule has 1 aliphatic heterocycles. The van der Waals surface area contributed by atoms with Crippen LogP contribution >= 0.6 is 11.8 Å². The SMILES string of the molecule is CSc1nc(N2CCOCC2)c2cnn(CCNC(=O)C3CC3)c2n1. The minimum Gasteiger partial charge on any atom is -0.378 e. The van der Waals surface area contributed by atoms with Crippen LogP contribution in [-0.2, 0) is 16.1 Å². The minimum absolute atomic E-state index is 0.157. The van der Waals surface area contributed by atoms with Crippen LogP contribution in [0.1, 0.15) is 12.8 Å². The van der Waals surface area contributed by atoms with E-state index in [2.05, 4.69) is 20.3 Å². The highest BCUT2D eigenvalue weighted by molar-refractivity contribution is 7.98. The van der Waals surface area contributed by atoms with Gasteiger partial charge in [0.25, 0.3) is 0 Å². The standard InChI is InChI=1S/C16H22N6O2S/c1-25-16-19-13(21-6-8-24-9-7-21)12-10-18-22(14(12)20-16)5-4-17-15(23)11-2-3-11/h10-11H,2-9H2,1H3,(H,17,23). The smallest absolute Gasteiger partial charge is 0.223 e. The lowest BCUT2D eigenvalue weighted by atomic mass is 10.3. The Morgan fingerprint density at radius 1 is 1.36 bits per heavy atom. The highest BCUT2D eigenvalue weighted by Gasteiger charge is 2.29. The van der Waals surface area contributed by atoms with Gasteiger partial charge in [-0.15, -0.1) is 0 Å². The molecule has 1 saturated carbocycles. The summed E-state index contributed by atoms with van der Waals surface area (Å²) < 4.78 is 7.30. The number of hydrogen-bond donors (Lipinski definition) is 1. The molecule has 0 spiro atoms. The zero-order valence-electron chi connectivity index (χ0n) is 14.3. The largest absolute Gasteiger partial charge is 0.378 e. The second-order valence-corrected chi connectivity index (χ2v) is 7.08. The monoisotopic (exact) mass is 362 g/mol. The Balaban J connectivity index is 1.56. The summed E-state index contributed by atoms with van der Waals surface area (Å²) in [5, 5.41) is 9.14. The Bertz CT molecular complexity index is 769. The Morgan fingerprint density at radius 2 is 2.16 bits per heavy atom. The summed E-state index contributed by atoms with van der Waals surface area (Å²) in [5.41, 5.74) is 0.821. The third-order valence-corrected chi connectivity index (χ3v) is 5.07. The van der Waals surface area contributed by atoms with Gasteiger partial charge >= 0.3 is 0 Å². The molecule has 1 aliphatic carbocycles. The van der Waals surface area contributed by atoms with E-state index in [1.807, 2.05) is 17.1 Å². The number of anilines is 1. The summed E-state index contributed by atoms with van der Waals surface area (Å²) in [5.74, 6) is 1.31. The summed E-state index contributed by atoms with van der Waals surface area (Å²) >= 11 is 1.52. The number of fused-ring (bicyclic) bond motifs is 1. The van der Waals surface area contributed by atoms with Gasteiger partial charge in [-0.3, -0.25) is 4.79 Å². The first-order valence-corrected chi connectivity index (χ1v) is 9.86. The maximum atomic E-state index is 11.8. The predicted molar refractivity (Wildman–Crippen MR) is 95.9 cm³/mol. The van der Waals surface area contributed by atoms with Crippen LogP contribution in [0, 0.1) is 5.92 Å². The van der Waals surface area contributed by atoms with Crippen LogP contribution in [0.5, 0.6) is 0 Å². The van der Waals surface area contributed by atoms with Crippen molar-refractivity contribution in [3.63, 3.8) is 0 Å². The van der Waals surface area contributed by atoms with Gasteiger partial charge in [-0.25, -0.2) is 14.6 Å². The van der Waals surface area contributed by atoms with Crippen LogP contribution in [0.3, 0.4) is 0 Å². The van der Waals surface area contributed by atoms with Crippen LogP contribution < -0.4 is 10.2 Å². The number of carbonyl (C=O) groups is 1. The molecule has 0 bridgehead atoms. The van der Waals surface area contributed by atoms with Gasteiger partial charge in [0.2, 0.25) is 5.91 Å². The minimum atomic E-state index is 0.157.